The summed E-state index contributed by atoms with van der Waals surface area (Å²) in [7, 11) is 0. The maximum absolute atomic E-state index is 12.2. The summed E-state index contributed by atoms with van der Waals surface area (Å²) in [6.07, 6.45) is 3.07. The molecule has 6 nitrogen and oxygen atoms in total. The molecule has 19 heavy (non-hydrogen) atoms. The first kappa shape index (κ1) is 12.5. The lowest BCUT2D eigenvalue weighted by Crippen LogP contribution is -2.36. The van der Waals surface area contributed by atoms with Gasteiger partial charge in [0.15, 0.2) is 0 Å². The smallest absolute Gasteiger partial charge is 0.274 e. The second-order valence-electron chi connectivity index (χ2n) is 5.52. The van der Waals surface area contributed by atoms with Crippen molar-refractivity contribution in [2.75, 3.05) is 26.3 Å². The molecule has 1 saturated carbocycles. The number of aryl methyl sites for hydroxylation is 1. The number of hydrogen-bond donors (Lipinski definition) is 2. The molecular formula is C13H17N3O3. The number of aromatic nitrogens is 2. The van der Waals surface area contributed by atoms with Crippen LogP contribution in [0.1, 0.15) is 16.2 Å². The summed E-state index contributed by atoms with van der Waals surface area (Å²) in [5.74, 6) is 0.305. The van der Waals surface area contributed by atoms with Gasteiger partial charge in [0.1, 0.15) is 5.69 Å². The molecule has 2 atom stereocenters. The van der Waals surface area contributed by atoms with E-state index in [1.807, 2.05) is 6.92 Å². The minimum atomic E-state index is -0.365. The molecule has 1 aromatic heterocycles. The highest BCUT2D eigenvalue weighted by atomic mass is 16.3. The number of aliphatic hydroxyl groups is 2. The van der Waals surface area contributed by atoms with E-state index < -0.39 is 0 Å². The summed E-state index contributed by atoms with van der Waals surface area (Å²) < 4.78 is 0. The Labute approximate surface area is 111 Å². The van der Waals surface area contributed by atoms with Crippen LogP contribution in [-0.2, 0) is 0 Å². The Kier molecular flexibility index (Phi) is 2.79. The second-order valence-corrected chi connectivity index (χ2v) is 5.52. The minimum absolute atomic E-state index is 0.00873. The molecule has 1 aliphatic heterocycles. The number of aliphatic hydroxyl groups excluding tert-OH is 2. The number of carbonyl (C=O) groups excluding carboxylic acids is 1. The Morgan fingerprint density at radius 1 is 1.32 bits per heavy atom. The van der Waals surface area contributed by atoms with Crippen LogP contribution in [0.15, 0.2) is 12.4 Å². The Morgan fingerprint density at radius 2 is 1.95 bits per heavy atom. The van der Waals surface area contributed by atoms with Crippen LogP contribution in [0.2, 0.25) is 0 Å². The molecule has 2 heterocycles. The number of hydrogen-bond acceptors (Lipinski definition) is 5. The van der Waals surface area contributed by atoms with Gasteiger partial charge in [0.25, 0.3) is 5.91 Å². The van der Waals surface area contributed by atoms with Gasteiger partial charge in [-0.1, -0.05) is 0 Å². The fraction of sp³-hybridized carbons (Fsp3) is 0.615. The van der Waals surface area contributed by atoms with E-state index in [1.54, 1.807) is 11.1 Å². The van der Waals surface area contributed by atoms with Gasteiger partial charge in [-0.25, -0.2) is 4.98 Å². The second kappa shape index (κ2) is 4.25. The molecule has 1 saturated heterocycles. The van der Waals surface area contributed by atoms with Crippen LogP contribution < -0.4 is 0 Å². The van der Waals surface area contributed by atoms with Crippen molar-refractivity contribution in [3.8, 4) is 0 Å². The molecule has 6 heteroatoms. The Balaban J connectivity index is 1.68. The molecule has 1 aliphatic carbocycles. The first-order chi connectivity index (χ1) is 9.12. The van der Waals surface area contributed by atoms with E-state index >= 15 is 0 Å². The van der Waals surface area contributed by atoms with Crippen molar-refractivity contribution in [1.29, 1.82) is 0 Å². The number of piperidine rings is 1. The average Bonchev–Trinajstić information content (AvgIpc) is 2.81. The van der Waals surface area contributed by atoms with Crippen LogP contribution in [0, 0.1) is 24.2 Å². The molecule has 2 N–H and O–H groups in total. The van der Waals surface area contributed by atoms with E-state index in [2.05, 4.69) is 9.97 Å². The highest BCUT2D eigenvalue weighted by molar-refractivity contribution is 5.92. The van der Waals surface area contributed by atoms with Gasteiger partial charge in [-0.2, -0.15) is 0 Å². The van der Waals surface area contributed by atoms with Gasteiger partial charge in [0, 0.05) is 24.7 Å². The quantitative estimate of drug-likeness (QED) is 0.764. The van der Waals surface area contributed by atoms with E-state index in [4.69, 9.17) is 0 Å². The van der Waals surface area contributed by atoms with E-state index in [1.165, 1.54) is 6.20 Å². The van der Waals surface area contributed by atoms with E-state index in [0.29, 0.717) is 18.8 Å². The van der Waals surface area contributed by atoms with Crippen molar-refractivity contribution in [3.05, 3.63) is 23.8 Å². The summed E-state index contributed by atoms with van der Waals surface area (Å²) in [5.41, 5.74) is 0.765. The monoisotopic (exact) mass is 263 g/mol. The summed E-state index contributed by atoms with van der Waals surface area (Å²) in [4.78, 5) is 22.1. The van der Waals surface area contributed by atoms with Gasteiger partial charge in [0.05, 0.1) is 25.1 Å². The van der Waals surface area contributed by atoms with Crippen LogP contribution in [0.4, 0.5) is 0 Å². The molecule has 3 rings (SSSR count). The lowest BCUT2D eigenvalue weighted by Gasteiger charge is -2.23. The number of rotatable bonds is 3. The Morgan fingerprint density at radius 3 is 2.42 bits per heavy atom. The maximum atomic E-state index is 12.2. The SMILES string of the molecule is Cc1cnc(C(=O)N2CC3C(C2)C3(CO)CO)cn1. The summed E-state index contributed by atoms with van der Waals surface area (Å²) in [5, 5.41) is 18.7. The van der Waals surface area contributed by atoms with Crippen molar-refractivity contribution in [2.24, 2.45) is 17.3 Å². The Hall–Kier alpha value is -1.53. The van der Waals surface area contributed by atoms with Gasteiger partial charge in [0.2, 0.25) is 0 Å². The number of amides is 1. The molecular weight excluding hydrogens is 246 g/mol. The van der Waals surface area contributed by atoms with E-state index in [9.17, 15) is 15.0 Å². The predicted molar refractivity (Wildman–Crippen MR) is 66.3 cm³/mol. The molecule has 0 radical (unpaired) electrons. The first-order valence-electron chi connectivity index (χ1n) is 6.42. The normalized spacial score (nSPS) is 27.2. The third kappa shape index (κ3) is 1.74. The molecule has 0 bridgehead atoms. The molecule has 2 aliphatic rings. The zero-order valence-corrected chi connectivity index (χ0v) is 10.8. The van der Waals surface area contributed by atoms with Crippen molar-refractivity contribution in [3.63, 3.8) is 0 Å². The van der Waals surface area contributed by atoms with E-state index in [0.717, 1.165) is 5.69 Å². The van der Waals surface area contributed by atoms with Gasteiger partial charge in [-0.15, -0.1) is 0 Å². The highest BCUT2D eigenvalue weighted by Crippen LogP contribution is 2.62. The molecule has 1 amide bonds. The predicted octanol–water partition coefficient (Wildman–Crippen LogP) is -0.542. The van der Waals surface area contributed by atoms with Gasteiger partial charge >= 0.3 is 0 Å². The van der Waals surface area contributed by atoms with Crippen molar-refractivity contribution >= 4 is 5.91 Å². The van der Waals surface area contributed by atoms with Crippen LogP contribution in [-0.4, -0.2) is 57.3 Å². The molecule has 0 spiro atoms. The summed E-state index contributed by atoms with van der Waals surface area (Å²) in [6.45, 7) is 2.97. The molecule has 102 valence electrons. The van der Waals surface area contributed by atoms with Crippen molar-refractivity contribution in [2.45, 2.75) is 6.92 Å². The highest BCUT2D eigenvalue weighted by Gasteiger charge is 2.68. The zero-order valence-electron chi connectivity index (χ0n) is 10.8. The van der Waals surface area contributed by atoms with Crippen molar-refractivity contribution in [1.82, 2.24) is 14.9 Å². The lowest BCUT2D eigenvalue weighted by molar-refractivity contribution is 0.0632. The minimum Gasteiger partial charge on any atom is -0.396 e. The number of likely N-dealkylation sites (tertiary alicyclic amines) is 1. The van der Waals surface area contributed by atoms with Gasteiger partial charge in [-0.05, 0) is 18.8 Å². The third-order valence-electron chi connectivity index (χ3n) is 4.56. The van der Waals surface area contributed by atoms with Crippen LogP contribution >= 0.6 is 0 Å². The molecule has 0 aromatic carbocycles. The first-order valence-corrected chi connectivity index (χ1v) is 6.42. The van der Waals surface area contributed by atoms with Gasteiger partial charge in [-0.3, -0.25) is 9.78 Å². The number of carbonyl (C=O) groups is 1. The maximum Gasteiger partial charge on any atom is 0.274 e. The van der Waals surface area contributed by atoms with E-state index in [-0.39, 0.29) is 36.4 Å². The topological polar surface area (TPSA) is 86.6 Å². The largest absolute Gasteiger partial charge is 0.396 e. The zero-order chi connectivity index (χ0) is 13.6. The number of fused-ring (bicyclic) bond motifs is 1. The molecule has 2 fully saturated rings. The van der Waals surface area contributed by atoms with Crippen LogP contribution in [0.3, 0.4) is 0 Å². The average molecular weight is 263 g/mol. The standard InChI is InChI=1S/C13H17N3O3/c1-8-2-15-11(3-14-8)12(19)16-4-9-10(5-16)13(9,6-17)7-18/h2-3,9-10,17-18H,4-7H2,1H3. The Bertz CT molecular complexity index is 484. The summed E-state index contributed by atoms with van der Waals surface area (Å²) >= 11 is 0. The molecule has 1 aromatic rings. The van der Waals surface area contributed by atoms with Gasteiger partial charge < -0.3 is 15.1 Å². The summed E-state index contributed by atoms with van der Waals surface area (Å²) in [6, 6.07) is 0. The van der Waals surface area contributed by atoms with Crippen molar-refractivity contribution < 1.29 is 15.0 Å². The lowest BCUT2D eigenvalue weighted by atomic mass is 10.0. The fourth-order valence-corrected chi connectivity index (χ4v) is 3.19. The van der Waals surface area contributed by atoms with Crippen LogP contribution in [0.5, 0.6) is 0 Å². The fourth-order valence-electron chi connectivity index (χ4n) is 3.19. The third-order valence-corrected chi connectivity index (χ3v) is 4.56. The van der Waals surface area contributed by atoms with Crippen LogP contribution in [0.25, 0.3) is 0 Å². The molecule has 2 unspecified atom stereocenters. The number of nitrogens with zero attached hydrogens (tertiary/aromatic N) is 3.